The van der Waals surface area contributed by atoms with Crippen molar-refractivity contribution in [1.29, 1.82) is 0 Å². The van der Waals surface area contributed by atoms with E-state index in [-0.39, 0.29) is 0 Å². The van der Waals surface area contributed by atoms with Gasteiger partial charge in [-0.15, -0.1) is 0 Å². The largest absolute Gasteiger partial charge is 0.457 e. The summed E-state index contributed by atoms with van der Waals surface area (Å²) in [5.74, 6) is 1.80. The van der Waals surface area contributed by atoms with Crippen LogP contribution in [-0.2, 0) is 6.54 Å². The van der Waals surface area contributed by atoms with Crippen LogP contribution in [0.1, 0.15) is 5.56 Å². The number of halogens is 1. The second kappa shape index (κ2) is 6.20. The summed E-state index contributed by atoms with van der Waals surface area (Å²) in [4.78, 5) is 2.14. The first-order valence-corrected chi connectivity index (χ1v) is 6.89. The minimum atomic E-state index is 0.876. The van der Waals surface area contributed by atoms with Crippen molar-refractivity contribution in [2.75, 3.05) is 14.1 Å². The fourth-order valence-electron chi connectivity index (χ4n) is 1.70. The molecule has 0 heterocycles. The van der Waals surface area contributed by atoms with Crippen LogP contribution in [0.4, 0.5) is 0 Å². The first-order chi connectivity index (χ1) is 8.65. The molecule has 0 bridgehead atoms. The summed E-state index contributed by atoms with van der Waals surface area (Å²) in [6.07, 6.45) is 0. The van der Waals surface area contributed by atoms with E-state index in [1.807, 2.05) is 42.5 Å². The monoisotopic (exact) mass is 353 g/mol. The average Bonchev–Trinajstić information content (AvgIpc) is 2.34. The highest BCUT2D eigenvalue weighted by Crippen LogP contribution is 2.26. The summed E-state index contributed by atoms with van der Waals surface area (Å²) in [5, 5.41) is 0. The molecule has 2 aromatic carbocycles. The summed E-state index contributed by atoms with van der Waals surface area (Å²) in [5.41, 5.74) is 1.20. The molecule has 0 spiro atoms. The van der Waals surface area contributed by atoms with Gasteiger partial charge in [-0.1, -0.05) is 18.2 Å². The second-order valence-electron chi connectivity index (χ2n) is 4.40. The molecule has 2 aromatic rings. The Labute approximate surface area is 122 Å². The normalized spacial score (nSPS) is 10.7. The third kappa shape index (κ3) is 3.71. The van der Waals surface area contributed by atoms with E-state index < -0.39 is 0 Å². The van der Waals surface area contributed by atoms with Crippen LogP contribution in [0, 0.1) is 3.57 Å². The van der Waals surface area contributed by atoms with E-state index in [9.17, 15) is 0 Å². The van der Waals surface area contributed by atoms with E-state index in [1.54, 1.807) is 0 Å². The highest BCUT2D eigenvalue weighted by molar-refractivity contribution is 14.1. The Morgan fingerprint density at radius 2 is 1.67 bits per heavy atom. The summed E-state index contributed by atoms with van der Waals surface area (Å²) >= 11 is 2.29. The van der Waals surface area contributed by atoms with Crippen molar-refractivity contribution in [3.8, 4) is 11.5 Å². The van der Waals surface area contributed by atoms with Gasteiger partial charge in [-0.05, 0) is 67.0 Å². The van der Waals surface area contributed by atoms with Crippen LogP contribution in [0.2, 0.25) is 0 Å². The second-order valence-corrected chi connectivity index (χ2v) is 5.65. The molecule has 0 unspecified atom stereocenters. The van der Waals surface area contributed by atoms with Crippen molar-refractivity contribution in [2.24, 2.45) is 0 Å². The molecule has 2 nitrogen and oxygen atoms in total. The molecule has 0 fully saturated rings. The molecule has 0 amide bonds. The third-order valence-electron chi connectivity index (χ3n) is 2.50. The molecule has 0 aromatic heterocycles. The smallest absolute Gasteiger partial charge is 0.131 e. The summed E-state index contributed by atoms with van der Waals surface area (Å²) in [7, 11) is 4.11. The number of benzene rings is 2. The number of hydrogen-bond acceptors (Lipinski definition) is 2. The zero-order valence-corrected chi connectivity index (χ0v) is 12.7. The topological polar surface area (TPSA) is 12.5 Å². The van der Waals surface area contributed by atoms with Gasteiger partial charge in [-0.2, -0.15) is 0 Å². The van der Waals surface area contributed by atoms with Crippen LogP contribution in [0.25, 0.3) is 0 Å². The van der Waals surface area contributed by atoms with Gasteiger partial charge in [0.1, 0.15) is 11.5 Å². The van der Waals surface area contributed by atoms with Gasteiger partial charge in [0, 0.05) is 15.7 Å². The van der Waals surface area contributed by atoms with Gasteiger partial charge in [-0.3, -0.25) is 0 Å². The molecule has 94 valence electrons. The highest BCUT2D eigenvalue weighted by Gasteiger charge is 2.05. The maximum atomic E-state index is 5.94. The predicted molar refractivity (Wildman–Crippen MR) is 83.1 cm³/mol. The quantitative estimate of drug-likeness (QED) is 0.766. The van der Waals surface area contributed by atoms with Crippen molar-refractivity contribution >= 4 is 22.6 Å². The number of rotatable bonds is 4. The fraction of sp³-hybridized carbons (Fsp3) is 0.200. The van der Waals surface area contributed by atoms with Crippen LogP contribution >= 0.6 is 22.6 Å². The minimum absolute atomic E-state index is 0.876. The molecule has 0 aliphatic carbocycles. The van der Waals surface area contributed by atoms with Crippen molar-refractivity contribution < 1.29 is 4.74 Å². The van der Waals surface area contributed by atoms with Crippen molar-refractivity contribution in [2.45, 2.75) is 6.54 Å². The van der Waals surface area contributed by atoms with Gasteiger partial charge < -0.3 is 9.64 Å². The van der Waals surface area contributed by atoms with E-state index in [0.29, 0.717) is 0 Å². The van der Waals surface area contributed by atoms with Crippen molar-refractivity contribution in [3.63, 3.8) is 0 Å². The van der Waals surface area contributed by atoms with Gasteiger partial charge in [-0.25, -0.2) is 0 Å². The van der Waals surface area contributed by atoms with Crippen LogP contribution in [0.5, 0.6) is 11.5 Å². The molecule has 0 aliphatic heterocycles. The first-order valence-electron chi connectivity index (χ1n) is 5.81. The lowest BCUT2D eigenvalue weighted by Crippen LogP contribution is -2.11. The fourth-order valence-corrected chi connectivity index (χ4v) is 2.06. The maximum absolute atomic E-state index is 5.94. The molecule has 18 heavy (non-hydrogen) atoms. The predicted octanol–water partition coefficient (Wildman–Crippen LogP) is 4.15. The lowest BCUT2D eigenvalue weighted by molar-refractivity contribution is 0.388. The Balaban J connectivity index is 2.20. The van der Waals surface area contributed by atoms with E-state index >= 15 is 0 Å². The summed E-state index contributed by atoms with van der Waals surface area (Å²) in [6.45, 7) is 0.876. The first kappa shape index (κ1) is 13.4. The SMILES string of the molecule is CN(C)Cc1ccccc1Oc1ccc(I)cc1. The van der Waals surface area contributed by atoms with Gasteiger partial charge in [0.15, 0.2) is 0 Å². The summed E-state index contributed by atoms with van der Waals surface area (Å²) in [6, 6.07) is 16.2. The molecule has 0 saturated carbocycles. The number of para-hydroxylation sites is 1. The Hall–Kier alpha value is -1.07. The molecule has 3 heteroatoms. The van der Waals surface area contributed by atoms with Gasteiger partial charge in [0.25, 0.3) is 0 Å². The molecule has 0 atom stereocenters. The third-order valence-corrected chi connectivity index (χ3v) is 3.22. The number of nitrogens with zero attached hydrogens (tertiary/aromatic N) is 1. The van der Waals surface area contributed by atoms with E-state index in [4.69, 9.17) is 4.74 Å². The molecule has 2 rings (SSSR count). The molecule has 0 aliphatic rings. The highest BCUT2D eigenvalue weighted by atomic mass is 127. The molecular weight excluding hydrogens is 337 g/mol. The van der Waals surface area contributed by atoms with Crippen molar-refractivity contribution in [1.82, 2.24) is 4.90 Å². The number of ether oxygens (including phenoxy) is 1. The van der Waals surface area contributed by atoms with E-state index in [0.717, 1.165) is 18.0 Å². The van der Waals surface area contributed by atoms with Crippen molar-refractivity contribution in [3.05, 3.63) is 57.7 Å². The molecule has 0 radical (unpaired) electrons. The summed E-state index contributed by atoms with van der Waals surface area (Å²) < 4.78 is 7.15. The number of hydrogen-bond donors (Lipinski definition) is 0. The van der Waals surface area contributed by atoms with E-state index in [2.05, 4.69) is 47.7 Å². The zero-order chi connectivity index (χ0) is 13.0. The van der Waals surface area contributed by atoms with Crippen LogP contribution in [0.15, 0.2) is 48.5 Å². The zero-order valence-electron chi connectivity index (χ0n) is 10.6. The Bertz CT molecular complexity index is 508. The Morgan fingerprint density at radius 3 is 2.33 bits per heavy atom. The lowest BCUT2D eigenvalue weighted by Gasteiger charge is -2.14. The van der Waals surface area contributed by atoms with Gasteiger partial charge in [0.2, 0.25) is 0 Å². The maximum Gasteiger partial charge on any atom is 0.131 e. The average molecular weight is 353 g/mol. The lowest BCUT2D eigenvalue weighted by atomic mass is 10.2. The van der Waals surface area contributed by atoms with E-state index in [1.165, 1.54) is 9.13 Å². The molecule has 0 saturated heterocycles. The molecule has 0 N–H and O–H groups in total. The molecular formula is C15H16INO. The minimum Gasteiger partial charge on any atom is -0.457 e. The van der Waals surface area contributed by atoms with Gasteiger partial charge >= 0.3 is 0 Å². The van der Waals surface area contributed by atoms with Crippen LogP contribution in [0.3, 0.4) is 0 Å². The Kier molecular flexibility index (Phi) is 4.60. The van der Waals surface area contributed by atoms with Gasteiger partial charge in [0.05, 0.1) is 0 Å². The van der Waals surface area contributed by atoms with Crippen LogP contribution in [-0.4, -0.2) is 19.0 Å². The Morgan fingerprint density at radius 1 is 1.00 bits per heavy atom. The standard InChI is InChI=1S/C15H16INO/c1-17(2)11-12-5-3-4-6-15(12)18-14-9-7-13(16)8-10-14/h3-10H,11H2,1-2H3. The van der Waals surface area contributed by atoms with Crippen LogP contribution < -0.4 is 4.74 Å².